The molecule has 0 bridgehead atoms. The van der Waals surface area contributed by atoms with Crippen molar-refractivity contribution in [2.45, 2.75) is 6.54 Å². The summed E-state index contributed by atoms with van der Waals surface area (Å²) in [5.41, 5.74) is 0.763. The van der Waals surface area contributed by atoms with Crippen molar-refractivity contribution in [2.75, 3.05) is 26.3 Å². The molecule has 1 aliphatic heterocycles. The Balaban J connectivity index is 2.13. The monoisotopic (exact) mass is 261 g/mol. The van der Waals surface area contributed by atoms with Crippen molar-refractivity contribution in [1.29, 1.82) is 0 Å². The maximum atomic E-state index is 9.80. The Morgan fingerprint density at radius 3 is 2.62 bits per heavy atom. The standard InChI is InChI=1S/C11H13Cl2NO2/c12-9-5-8(11(15)10(13)6-9)7-14-1-3-16-4-2-14/h5-6,15H,1-4,7H2. The van der Waals surface area contributed by atoms with E-state index in [-0.39, 0.29) is 5.75 Å². The maximum Gasteiger partial charge on any atom is 0.138 e. The molecule has 0 spiro atoms. The molecule has 1 aliphatic rings. The second-order valence-electron chi connectivity index (χ2n) is 3.78. The molecule has 0 aliphatic carbocycles. The lowest BCUT2D eigenvalue weighted by Crippen LogP contribution is -2.35. The van der Waals surface area contributed by atoms with E-state index >= 15 is 0 Å². The lowest BCUT2D eigenvalue weighted by atomic mass is 10.2. The summed E-state index contributed by atoms with van der Waals surface area (Å²) < 4.78 is 5.26. The molecular weight excluding hydrogens is 249 g/mol. The van der Waals surface area contributed by atoms with Crippen LogP contribution < -0.4 is 0 Å². The van der Waals surface area contributed by atoms with Crippen LogP contribution in [0.4, 0.5) is 0 Å². The number of nitrogens with zero attached hydrogens (tertiary/aromatic N) is 1. The molecule has 0 aromatic heterocycles. The lowest BCUT2D eigenvalue weighted by Gasteiger charge is -2.26. The van der Waals surface area contributed by atoms with E-state index in [2.05, 4.69) is 4.90 Å². The van der Waals surface area contributed by atoms with Gasteiger partial charge < -0.3 is 9.84 Å². The zero-order chi connectivity index (χ0) is 11.5. The van der Waals surface area contributed by atoms with Gasteiger partial charge in [0.1, 0.15) is 5.75 Å². The van der Waals surface area contributed by atoms with Crippen molar-refractivity contribution in [3.63, 3.8) is 0 Å². The Hall–Kier alpha value is -0.480. The largest absolute Gasteiger partial charge is 0.506 e. The predicted octanol–water partition coefficient (Wildman–Crippen LogP) is 2.53. The van der Waals surface area contributed by atoms with E-state index in [4.69, 9.17) is 27.9 Å². The molecule has 2 rings (SSSR count). The zero-order valence-electron chi connectivity index (χ0n) is 8.75. The molecular formula is C11H13Cl2NO2. The Bertz CT molecular complexity index is 378. The highest BCUT2D eigenvalue weighted by Gasteiger charge is 2.14. The average Bonchev–Trinajstić information content (AvgIpc) is 2.27. The molecule has 3 nitrogen and oxygen atoms in total. The highest BCUT2D eigenvalue weighted by Crippen LogP contribution is 2.31. The van der Waals surface area contributed by atoms with Crippen molar-refractivity contribution in [2.24, 2.45) is 0 Å². The first-order valence-corrected chi connectivity index (χ1v) is 5.89. The molecule has 1 saturated heterocycles. The lowest BCUT2D eigenvalue weighted by molar-refractivity contribution is 0.0339. The normalized spacial score (nSPS) is 17.6. The number of halogens is 2. The molecule has 16 heavy (non-hydrogen) atoms. The molecule has 0 amide bonds. The molecule has 1 aromatic carbocycles. The van der Waals surface area contributed by atoms with Crippen LogP contribution in [0.15, 0.2) is 12.1 Å². The van der Waals surface area contributed by atoms with Crippen LogP contribution in [0, 0.1) is 0 Å². The number of morpholine rings is 1. The van der Waals surface area contributed by atoms with Gasteiger partial charge in [0.05, 0.1) is 18.2 Å². The fraction of sp³-hybridized carbons (Fsp3) is 0.455. The van der Waals surface area contributed by atoms with Gasteiger partial charge >= 0.3 is 0 Å². The molecule has 88 valence electrons. The molecule has 0 saturated carbocycles. The number of ether oxygens (including phenoxy) is 1. The summed E-state index contributed by atoms with van der Waals surface area (Å²) in [6.45, 7) is 3.84. The molecule has 0 radical (unpaired) electrons. The zero-order valence-corrected chi connectivity index (χ0v) is 10.3. The maximum absolute atomic E-state index is 9.80. The van der Waals surface area contributed by atoms with Gasteiger partial charge in [0.25, 0.3) is 0 Å². The molecule has 5 heteroatoms. The van der Waals surface area contributed by atoms with Gasteiger partial charge in [0, 0.05) is 30.2 Å². The molecule has 1 heterocycles. The number of phenolic OH excluding ortho intramolecular Hbond substituents is 1. The van der Waals surface area contributed by atoms with Gasteiger partial charge in [-0.1, -0.05) is 23.2 Å². The Morgan fingerprint density at radius 2 is 1.94 bits per heavy atom. The minimum Gasteiger partial charge on any atom is -0.506 e. The van der Waals surface area contributed by atoms with Gasteiger partial charge in [-0.15, -0.1) is 0 Å². The van der Waals surface area contributed by atoms with Crippen molar-refractivity contribution < 1.29 is 9.84 Å². The first kappa shape index (κ1) is 12.0. The highest BCUT2D eigenvalue weighted by atomic mass is 35.5. The van der Waals surface area contributed by atoms with Crippen molar-refractivity contribution in [3.8, 4) is 5.75 Å². The summed E-state index contributed by atoms with van der Waals surface area (Å²) in [5, 5.41) is 10.7. The van der Waals surface area contributed by atoms with Crippen molar-refractivity contribution in [3.05, 3.63) is 27.7 Å². The molecule has 1 N–H and O–H groups in total. The molecule has 1 aromatic rings. The van der Waals surface area contributed by atoms with E-state index in [0.717, 1.165) is 31.9 Å². The summed E-state index contributed by atoms with van der Waals surface area (Å²) in [6.07, 6.45) is 0. The third kappa shape index (κ3) is 2.80. The topological polar surface area (TPSA) is 32.7 Å². The van der Waals surface area contributed by atoms with Crippen LogP contribution in [0.25, 0.3) is 0 Å². The van der Waals surface area contributed by atoms with Gasteiger partial charge in [-0.2, -0.15) is 0 Å². The van der Waals surface area contributed by atoms with Crippen LogP contribution in [-0.4, -0.2) is 36.3 Å². The van der Waals surface area contributed by atoms with Crippen LogP contribution in [0.5, 0.6) is 5.75 Å². The average molecular weight is 262 g/mol. The van der Waals surface area contributed by atoms with Crippen molar-refractivity contribution in [1.82, 2.24) is 4.90 Å². The number of rotatable bonds is 2. The summed E-state index contributed by atoms with van der Waals surface area (Å²) in [5.74, 6) is 0.123. The van der Waals surface area contributed by atoms with Crippen LogP contribution in [0.2, 0.25) is 10.0 Å². The quantitative estimate of drug-likeness (QED) is 0.889. The smallest absolute Gasteiger partial charge is 0.138 e. The fourth-order valence-electron chi connectivity index (χ4n) is 1.74. The Labute approximate surface area is 105 Å². The number of hydrogen-bond acceptors (Lipinski definition) is 3. The van der Waals surface area contributed by atoms with Gasteiger partial charge in [-0.25, -0.2) is 0 Å². The van der Waals surface area contributed by atoms with E-state index in [0.29, 0.717) is 16.6 Å². The van der Waals surface area contributed by atoms with Crippen LogP contribution in [-0.2, 0) is 11.3 Å². The summed E-state index contributed by atoms with van der Waals surface area (Å²) in [6, 6.07) is 3.29. The molecule has 1 fully saturated rings. The van der Waals surface area contributed by atoms with Gasteiger partial charge in [0.15, 0.2) is 0 Å². The molecule has 0 unspecified atom stereocenters. The molecule has 0 atom stereocenters. The van der Waals surface area contributed by atoms with Gasteiger partial charge in [-0.05, 0) is 12.1 Å². The predicted molar refractivity (Wildman–Crippen MR) is 64.2 cm³/mol. The second-order valence-corrected chi connectivity index (χ2v) is 4.63. The number of benzene rings is 1. The third-order valence-corrected chi connectivity index (χ3v) is 3.11. The number of aromatic hydroxyl groups is 1. The minimum atomic E-state index is 0.123. The summed E-state index contributed by atoms with van der Waals surface area (Å²) in [7, 11) is 0. The van der Waals surface area contributed by atoms with E-state index in [1.165, 1.54) is 0 Å². The van der Waals surface area contributed by atoms with Gasteiger partial charge in [-0.3, -0.25) is 4.90 Å². The van der Waals surface area contributed by atoms with Crippen LogP contribution >= 0.6 is 23.2 Å². The Kier molecular flexibility index (Phi) is 3.92. The SMILES string of the molecule is Oc1c(Cl)cc(Cl)cc1CN1CCOCC1. The van der Waals surface area contributed by atoms with E-state index in [1.54, 1.807) is 12.1 Å². The highest BCUT2D eigenvalue weighted by molar-refractivity contribution is 6.35. The number of phenols is 1. The van der Waals surface area contributed by atoms with Crippen LogP contribution in [0.3, 0.4) is 0 Å². The van der Waals surface area contributed by atoms with Gasteiger partial charge in [0.2, 0.25) is 0 Å². The second kappa shape index (κ2) is 5.23. The Morgan fingerprint density at radius 1 is 1.25 bits per heavy atom. The van der Waals surface area contributed by atoms with E-state index in [1.807, 2.05) is 0 Å². The summed E-state index contributed by atoms with van der Waals surface area (Å²) >= 11 is 11.8. The van der Waals surface area contributed by atoms with E-state index in [9.17, 15) is 5.11 Å². The van der Waals surface area contributed by atoms with Crippen LogP contribution in [0.1, 0.15) is 5.56 Å². The summed E-state index contributed by atoms with van der Waals surface area (Å²) in [4.78, 5) is 2.20. The minimum absolute atomic E-state index is 0.123. The number of hydrogen-bond donors (Lipinski definition) is 1. The van der Waals surface area contributed by atoms with E-state index < -0.39 is 0 Å². The van der Waals surface area contributed by atoms with Crippen molar-refractivity contribution >= 4 is 23.2 Å². The fourth-order valence-corrected chi connectivity index (χ4v) is 2.28. The first-order valence-electron chi connectivity index (χ1n) is 5.14. The third-order valence-electron chi connectivity index (χ3n) is 2.60. The first-order chi connectivity index (χ1) is 7.66.